The third-order valence-corrected chi connectivity index (χ3v) is 3.10. The monoisotopic (exact) mass is 233 g/mol. The lowest BCUT2D eigenvalue weighted by atomic mass is 10.2. The van der Waals surface area contributed by atoms with Crippen molar-refractivity contribution in [2.45, 2.75) is 19.3 Å². The first-order chi connectivity index (χ1) is 8.38. The van der Waals surface area contributed by atoms with Crippen LogP contribution in [-0.4, -0.2) is 37.4 Å². The first-order valence-corrected chi connectivity index (χ1v) is 6.29. The summed E-state index contributed by atoms with van der Waals surface area (Å²) in [5, 5.41) is 0. The number of nitrogens with zero attached hydrogens (tertiary/aromatic N) is 1. The molecular weight excluding hydrogens is 214 g/mol. The van der Waals surface area contributed by atoms with E-state index in [9.17, 15) is 4.79 Å². The second-order valence-electron chi connectivity index (χ2n) is 4.44. The number of aldehydes is 1. The van der Waals surface area contributed by atoms with Crippen molar-refractivity contribution in [3.63, 3.8) is 0 Å². The van der Waals surface area contributed by atoms with Crippen LogP contribution in [0.5, 0.6) is 5.75 Å². The van der Waals surface area contributed by atoms with Gasteiger partial charge >= 0.3 is 0 Å². The van der Waals surface area contributed by atoms with Crippen molar-refractivity contribution in [3.05, 3.63) is 29.8 Å². The Morgan fingerprint density at radius 3 is 2.53 bits per heavy atom. The van der Waals surface area contributed by atoms with Crippen LogP contribution in [0.2, 0.25) is 0 Å². The van der Waals surface area contributed by atoms with E-state index >= 15 is 0 Å². The summed E-state index contributed by atoms with van der Waals surface area (Å²) in [7, 11) is 0. The van der Waals surface area contributed by atoms with E-state index in [1.165, 1.54) is 25.9 Å². The van der Waals surface area contributed by atoms with Crippen LogP contribution >= 0.6 is 0 Å². The molecule has 0 amide bonds. The number of rotatable bonds is 6. The Hall–Kier alpha value is -1.35. The second kappa shape index (κ2) is 6.40. The third kappa shape index (κ3) is 3.86. The molecule has 0 aliphatic carbocycles. The number of ether oxygens (including phenoxy) is 1. The molecule has 3 heteroatoms. The number of benzene rings is 1. The van der Waals surface area contributed by atoms with Crippen LogP contribution in [-0.2, 0) is 0 Å². The summed E-state index contributed by atoms with van der Waals surface area (Å²) in [5.74, 6) is 0.844. The molecule has 1 saturated heterocycles. The van der Waals surface area contributed by atoms with E-state index in [0.717, 1.165) is 31.6 Å². The van der Waals surface area contributed by atoms with Crippen LogP contribution in [0, 0.1) is 0 Å². The molecule has 0 atom stereocenters. The molecule has 0 saturated carbocycles. The van der Waals surface area contributed by atoms with Crippen molar-refractivity contribution in [2.24, 2.45) is 0 Å². The first kappa shape index (κ1) is 12.1. The van der Waals surface area contributed by atoms with Crippen molar-refractivity contribution in [3.8, 4) is 5.75 Å². The van der Waals surface area contributed by atoms with Crippen LogP contribution < -0.4 is 4.74 Å². The third-order valence-electron chi connectivity index (χ3n) is 3.10. The molecule has 0 unspecified atom stereocenters. The van der Waals surface area contributed by atoms with Crippen LogP contribution in [0.4, 0.5) is 0 Å². The van der Waals surface area contributed by atoms with E-state index < -0.39 is 0 Å². The molecule has 1 fully saturated rings. The molecule has 92 valence electrons. The Kier molecular flexibility index (Phi) is 4.56. The summed E-state index contributed by atoms with van der Waals surface area (Å²) in [6.07, 6.45) is 4.59. The fourth-order valence-corrected chi connectivity index (χ4v) is 2.13. The Bertz CT molecular complexity index is 342. The average molecular weight is 233 g/mol. The highest BCUT2D eigenvalue weighted by molar-refractivity contribution is 5.74. The zero-order chi connectivity index (χ0) is 11.9. The molecule has 0 aromatic heterocycles. The molecule has 0 N–H and O–H groups in total. The molecule has 17 heavy (non-hydrogen) atoms. The maximum absolute atomic E-state index is 10.5. The molecule has 2 rings (SSSR count). The molecule has 1 heterocycles. The lowest BCUT2D eigenvalue weighted by Gasteiger charge is -2.14. The molecule has 3 nitrogen and oxygen atoms in total. The predicted octanol–water partition coefficient (Wildman–Crippen LogP) is 2.36. The minimum Gasteiger partial charge on any atom is -0.494 e. The molecule has 1 aromatic carbocycles. The number of likely N-dealkylation sites (tertiary alicyclic amines) is 1. The van der Waals surface area contributed by atoms with E-state index in [1.807, 2.05) is 12.1 Å². The van der Waals surface area contributed by atoms with Gasteiger partial charge in [0.15, 0.2) is 0 Å². The van der Waals surface area contributed by atoms with Gasteiger partial charge in [-0.15, -0.1) is 0 Å². The van der Waals surface area contributed by atoms with Gasteiger partial charge in [-0.1, -0.05) is 0 Å². The zero-order valence-corrected chi connectivity index (χ0v) is 10.1. The van der Waals surface area contributed by atoms with Gasteiger partial charge in [-0.05, 0) is 56.6 Å². The quantitative estimate of drug-likeness (QED) is 0.558. The predicted molar refractivity (Wildman–Crippen MR) is 67.6 cm³/mol. The van der Waals surface area contributed by atoms with Gasteiger partial charge in [0.25, 0.3) is 0 Å². The Morgan fingerprint density at radius 2 is 1.88 bits per heavy atom. The number of hydrogen-bond donors (Lipinski definition) is 0. The summed E-state index contributed by atoms with van der Waals surface area (Å²) in [6.45, 7) is 4.37. The molecule has 0 bridgehead atoms. The van der Waals surface area contributed by atoms with Gasteiger partial charge in [0, 0.05) is 12.1 Å². The summed E-state index contributed by atoms with van der Waals surface area (Å²) >= 11 is 0. The molecule has 0 radical (unpaired) electrons. The summed E-state index contributed by atoms with van der Waals surface area (Å²) < 4.78 is 5.62. The van der Waals surface area contributed by atoms with Crippen molar-refractivity contribution in [1.82, 2.24) is 4.90 Å². The van der Waals surface area contributed by atoms with Crippen molar-refractivity contribution < 1.29 is 9.53 Å². The summed E-state index contributed by atoms with van der Waals surface area (Å²) in [4.78, 5) is 13.0. The normalized spacial score (nSPS) is 16.0. The molecule has 1 aliphatic heterocycles. The van der Waals surface area contributed by atoms with Gasteiger partial charge in [0.2, 0.25) is 0 Å². The van der Waals surface area contributed by atoms with Gasteiger partial charge in [-0.3, -0.25) is 4.79 Å². The van der Waals surface area contributed by atoms with E-state index in [0.29, 0.717) is 5.56 Å². The minimum absolute atomic E-state index is 0.689. The molecule has 1 aliphatic rings. The average Bonchev–Trinajstić information content (AvgIpc) is 2.88. The van der Waals surface area contributed by atoms with Crippen LogP contribution in [0.1, 0.15) is 29.6 Å². The number of carbonyl (C=O) groups excluding carboxylic acids is 1. The minimum atomic E-state index is 0.689. The van der Waals surface area contributed by atoms with Gasteiger partial charge < -0.3 is 9.64 Å². The fraction of sp³-hybridized carbons (Fsp3) is 0.500. The standard InChI is InChI=1S/C14H19NO2/c16-12-13-4-6-14(7-5-13)17-11-3-10-15-8-1-2-9-15/h4-7,12H,1-3,8-11H2. The van der Waals surface area contributed by atoms with Crippen molar-refractivity contribution >= 4 is 6.29 Å². The molecule has 0 spiro atoms. The van der Waals surface area contributed by atoms with Crippen LogP contribution in [0.3, 0.4) is 0 Å². The maximum atomic E-state index is 10.5. The highest BCUT2D eigenvalue weighted by Gasteiger charge is 2.10. The van der Waals surface area contributed by atoms with Gasteiger partial charge in [-0.25, -0.2) is 0 Å². The van der Waals surface area contributed by atoms with Crippen LogP contribution in [0.15, 0.2) is 24.3 Å². The van der Waals surface area contributed by atoms with Crippen molar-refractivity contribution in [1.29, 1.82) is 0 Å². The van der Waals surface area contributed by atoms with E-state index in [-0.39, 0.29) is 0 Å². The second-order valence-corrected chi connectivity index (χ2v) is 4.44. The number of hydrogen-bond acceptors (Lipinski definition) is 3. The van der Waals surface area contributed by atoms with E-state index in [1.54, 1.807) is 12.1 Å². The Balaban J connectivity index is 1.65. The zero-order valence-electron chi connectivity index (χ0n) is 10.1. The SMILES string of the molecule is O=Cc1ccc(OCCCN2CCCC2)cc1. The molecule has 1 aromatic rings. The van der Waals surface area contributed by atoms with Gasteiger partial charge in [-0.2, -0.15) is 0 Å². The number of carbonyl (C=O) groups is 1. The highest BCUT2D eigenvalue weighted by atomic mass is 16.5. The summed E-state index contributed by atoms with van der Waals surface area (Å²) in [6, 6.07) is 7.25. The van der Waals surface area contributed by atoms with E-state index in [2.05, 4.69) is 4.90 Å². The first-order valence-electron chi connectivity index (χ1n) is 6.29. The molecular formula is C14H19NO2. The lowest BCUT2D eigenvalue weighted by molar-refractivity contribution is 0.112. The van der Waals surface area contributed by atoms with Gasteiger partial charge in [0.05, 0.1) is 6.61 Å². The maximum Gasteiger partial charge on any atom is 0.150 e. The Labute approximate surface area is 102 Å². The summed E-state index contributed by atoms with van der Waals surface area (Å²) in [5.41, 5.74) is 0.689. The fourth-order valence-electron chi connectivity index (χ4n) is 2.13. The Morgan fingerprint density at radius 1 is 1.18 bits per heavy atom. The smallest absolute Gasteiger partial charge is 0.150 e. The lowest BCUT2D eigenvalue weighted by Crippen LogP contribution is -2.21. The van der Waals surface area contributed by atoms with Crippen LogP contribution in [0.25, 0.3) is 0 Å². The van der Waals surface area contributed by atoms with E-state index in [4.69, 9.17) is 4.74 Å². The topological polar surface area (TPSA) is 29.5 Å². The van der Waals surface area contributed by atoms with Gasteiger partial charge in [0.1, 0.15) is 12.0 Å². The highest BCUT2D eigenvalue weighted by Crippen LogP contribution is 2.12. The van der Waals surface area contributed by atoms with Crippen molar-refractivity contribution in [2.75, 3.05) is 26.2 Å². The largest absolute Gasteiger partial charge is 0.494 e.